The van der Waals surface area contributed by atoms with Crippen molar-refractivity contribution in [3.05, 3.63) is 35.9 Å². The third-order valence-corrected chi connectivity index (χ3v) is 3.72. The number of benzene rings is 1. The summed E-state index contributed by atoms with van der Waals surface area (Å²) >= 11 is 0. The van der Waals surface area contributed by atoms with E-state index in [1.54, 1.807) is 24.3 Å². The second-order valence-corrected chi connectivity index (χ2v) is 5.38. The molecule has 0 radical (unpaired) electrons. The van der Waals surface area contributed by atoms with Crippen molar-refractivity contribution >= 4 is 23.9 Å². The summed E-state index contributed by atoms with van der Waals surface area (Å²) < 4.78 is 17.7. The van der Waals surface area contributed by atoms with Crippen LogP contribution in [0.15, 0.2) is 30.3 Å². The van der Waals surface area contributed by atoms with Gasteiger partial charge in [0.15, 0.2) is 6.67 Å². The number of carbonyl (C=O) groups is 4. The van der Waals surface area contributed by atoms with Crippen molar-refractivity contribution in [1.82, 2.24) is 9.80 Å². The molecule has 0 unspecified atom stereocenters. The molecule has 1 saturated heterocycles. The Labute approximate surface area is 142 Å². The molecule has 1 aromatic carbocycles. The molecule has 0 saturated carbocycles. The SMILES string of the molecule is O=C(O)CN(C(=O)CF)C(=O)[C@H]1CCN1C(=O)OCc1ccccc1. The quantitative estimate of drug-likeness (QED) is 0.812. The fourth-order valence-electron chi connectivity index (χ4n) is 2.34. The van der Waals surface area contributed by atoms with Crippen molar-refractivity contribution in [3.8, 4) is 0 Å². The predicted octanol–water partition coefficient (Wildman–Crippen LogP) is 0.807. The van der Waals surface area contributed by atoms with Crippen LogP contribution in [0.3, 0.4) is 0 Å². The lowest BCUT2D eigenvalue weighted by molar-refractivity contribution is -0.157. The largest absolute Gasteiger partial charge is 0.480 e. The number of rotatable bonds is 6. The topological polar surface area (TPSA) is 104 Å². The molecule has 9 heteroatoms. The number of nitrogens with zero attached hydrogens (tertiary/aromatic N) is 2. The minimum Gasteiger partial charge on any atom is -0.480 e. The van der Waals surface area contributed by atoms with E-state index in [-0.39, 0.29) is 19.6 Å². The monoisotopic (exact) mass is 352 g/mol. The lowest BCUT2D eigenvalue weighted by atomic mass is 10.0. The number of hydrogen-bond acceptors (Lipinski definition) is 5. The molecule has 3 amide bonds. The van der Waals surface area contributed by atoms with Crippen LogP contribution in [0.1, 0.15) is 12.0 Å². The van der Waals surface area contributed by atoms with Crippen LogP contribution in [0.5, 0.6) is 0 Å². The molecule has 2 rings (SSSR count). The number of aliphatic carboxylic acids is 1. The third kappa shape index (κ3) is 4.52. The number of carboxylic acids is 1. The molecule has 0 bridgehead atoms. The Hall–Kier alpha value is -2.97. The molecule has 1 aliphatic rings. The standard InChI is InChI=1S/C16H17FN2O6/c17-8-13(20)19(9-14(21)22)15(23)12-6-7-18(12)16(24)25-10-11-4-2-1-3-5-11/h1-5,12H,6-10H2,(H,21,22)/t12-/m1/s1. The van der Waals surface area contributed by atoms with Gasteiger partial charge in [-0.15, -0.1) is 0 Å². The van der Waals surface area contributed by atoms with Gasteiger partial charge in [0.2, 0.25) is 0 Å². The fraction of sp³-hybridized carbons (Fsp3) is 0.375. The molecule has 1 aromatic rings. The molecule has 0 aromatic heterocycles. The average molecular weight is 352 g/mol. The maximum atomic E-state index is 12.6. The summed E-state index contributed by atoms with van der Waals surface area (Å²) in [5, 5.41) is 8.76. The van der Waals surface area contributed by atoms with Gasteiger partial charge in [-0.1, -0.05) is 30.3 Å². The molecule has 1 aliphatic heterocycles. The van der Waals surface area contributed by atoms with Gasteiger partial charge >= 0.3 is 12.1 Å². The van der Waals surface area contributed by atoms with Crippen molar-refractivity contribution in [1.29, 1.82) is 0 Å². The van der Waals surface area contributed by atoms with Crippen molar-refractivity contribution in [2.75, 3.05) is 19.8 Å². The minimum absolute atomic E-state index is 0.0132. The Kier molecular flexibility index (Phi) is 6.04. The zero-order chi connectivity index (χ0) is 18.4. The van der Waals surface area contributed by atoms with Crippen LogP contribution in [0.2, 0.25) is 0 Å². The molecule has 1 atom stereocenters. The molecule has 25 heavy (non-hydrogen) atoms. The van der Waals surface area contributed by atoms with Crippen LogP contribution in [0.25, 0.3) is 0 Å². The minimum atomic E-state index is -1.50. The summed E-state index contributed by atoms with van der Waals surface area (Å²) in [6, 6.07) is 7.88. The normalized spacial score (nSPS) is 15.9. The van der Waals surface area contributed by atoms with Gasteiger partial charge < -0.3 is 9.84 Å². The van der Waals surface area contributed by atoms with E-state index in [1.807, 2.05) is 6.07 Å². The number of imide groups is 1. The smallest absolute Gasteiger partial charge is 0.410 e. The molecule has 134 valence electrons. The Morgan fingerprint density at radius 2 is 1.92 bits per heavy atom. The predicted molar refractivity (Wildman–Crippen MR) is 82.1 cm³/mol. The third-order valence-electron chi connectivity index (χ3n) is 3.72. The van der Waals surface area contributed by atoms with Crippen molar-refractivity contribution in [2.24, 2.45) is 0 Å². The van der Waals surface area contributed by atoms with E-state index in [1.165, 1.54) is 0 Å². The Bertz CT molecular complexity index is 666. The second kappa shape index (κ2) is 8.22. The highest BCUT2D eigenvalue weighted by Gasteiger charge is 2.42. The van der Waals surface area contributed by atoms with Gasteiger partial charge in [-0.05, 0) is 12.0 Å². The molecule has 0 spiro atoms. The molecule has 8 nitrogen and oxygen atoms in total. The number of hydrogen-bond donors (Lipinski definition) is 1. The zero-order valence-corrected chi connectivity index (χ0v) is 13.3. The molecular formula is C16H17FN2O6. The van der Waals surface area contributed by atoms with E-state index in [0.29, 0.717) is 4.90 Å². The van der Waals surface area contributed by atoms with Gasteiger partial charge in [-0.3, -0.25) is 24.2 Å². The Morgan fingerprint density at radius 3 is 2.44 bits per heavy atom. The van der Waals surface area contributed by atoms with Gasteiger partial charge in [0.05, 0.1) is 0 Å². The summed E-state index contributed by atoms with van der Waals surface area (Å²) in [4.78, 5) is 47.9. The van der Waals surface area contributed by atoms with Crippen molar-refractivity contribution in [2.45, 2.75) is 19.1 Å². The van der Waals surface area contributed by atoms with Gasteiger partial charge in [0.1, 0.15) is 19.2 Å². The summed E-state index contributed by atoms with van der Waals surface area (Å²) in [5.41, 5.74) is 0.763. The molecular weight excluding hydrogens is 335 g/mol. The van der Waals surface area contributed by atoms with Crippen LogP contribution < -0.4 is 0 Å². The van der Waals surface area contributed by atoms with E-state index in [0.717, 1.165) is 10.5 Å². The molecule has 0 aliphatic carbocycles. The number of likely N-dealkylation sites (tertiary alicyclic amines) is 1. The van der Waals surface area contributed by atoms with Crippen LogP contribution in [-0.4, -0.2) is 64.6 Å². The van der Waals surface area contributed by atoms with Crippen LogP contribution >= 0.6 is 0 Å². The maximum absolute atomic E-state index is 12.6. The van der Waals surface area contributed by atoms with E-state index >= 15 is 0 Å². The first-order valence-corrected chi connectivity index (χ1v) is 7.53. The van der Waals surface area contributed by atoms with Gasteiger partial charge in [-0.25, -0.2) is 9.18 Å². The number of carboxylic acid groups (broad SMARTS) is 1. The average Bonchev–Trinajstić information content (AvgIpc) is 2.56. The number of alkyl halides is 1. The summed E-state index contributed by atoms with van der Waals surface area (Å²) in [5.74, 6) is -3.63. The number of halogens is 1. The first-order chi connectivity index (χ1) is 11.9. The van der Waals surface area contributed by atoms with Crippen LogP contribution in [0.4, 0.5) is 9.18 Å². The van der Waals surface area contributed by atoms with Crippen LogP contribution in [-0.2, 0) is 25.7 Å². The fourth-order valence-corrected chi connectivity index (χ4v) is 2.34. The van der Waals surface area contributed by atoms with E-state index in [2.05, 4.69) is 0 Å². The van der Waals surface area contributed by atoms with E-state index in [4.69, 9.17) is 9.84 Å². The number of ether oxygens (including phenoxy) is 1. The van der Waals surface area contributed by atoms with Gasteiger partial charge in [0, 0.05) is 6.54 Å². The van der Waals surface area contributed by atoms with Crippen LogP contribution in [0, 0.1) is 0 Å². The lowest BCUT2D eigenvalue weighted by Gasteiger charge is -2.40. The second-order valence-electron chi connectivity index (χ2n) is 5.38. The molecule has 1 N–H and O–H groups in total. The van der Waals surface area contributed by atoms with Gasteiger partial charge in [0.25, 0.3) is 11.8 Å². The molecule has 1 fully saturated rings. The first kappa shape index (κ1) is 18.4. The molecule has 1 heterocycles. The summed E-state index contributed by atoms with van der Waals surface area (Å²) in [6.07, 6.45) is -0.508. The Balaban J connectivity index is 1.97. The first-order valence-electron chi connectivity index (χ1n) is 7.53. The Morgan fingerprint density at radius 1 is 1.24 bits per heavy atom. The maximum Gasteiger partial charge on any atom is 0.410 e. The summed E-state index contributed by atoms with van der Waals surface area (Å²) in [7, 11) is 0. The lowest BCUT2D eigenvalue weighted by Crippen LogP contribution is -2.60. The van der Waals surface area contributed by atoms with Crippen molar-refractivity contribution in [3.63, 3.8) is 0 Å². The van der Waals surface area contributed by atoms with E-state index < -0.39 is 43.1 Å². The number of amides is 3. The van der Waals surface area contributed by atoms with Gasteiger partial charge in [-0.2, -0.15) is 0 Å². The zero-order valence-electron chi connectivity index (χ0n) is 13.3. The highest BCUT2D eigenvalue weighted by molar-refractivity contribution is 6.02. The highest BCUT2D eigenvalue weighted by atomic mass is 19.1. The number of carbonyl (C=O) groups excluding carboxylic acids is 3. The highest BCUT2D eigenvalue weighted by Crippen LogP contribution is 2.21. The van der Waals surface area contributed by atoms with Crippen molar-refractivity contribution < 1.29 is 33.4 Å². The summed E-state index contributed by atoms with van der Waals surface area (Å²) in [6.45, 7) is -2.21. The van der Waals surface area contributed by atoms with E-state index in [9.17, 15) is 23.6 Å².